The predicted molar refractivity (Wildman–Crippen MR) is 54.1 cm³/mol. The lowest BCUT2D eigenvalue weighted by molar-refractivity contribution is -0.137. The molecule has 0 bridgehead atoms. The molecule has 0 aliphatic carbocycles. The van der Waals surface area contributed by atoms with Gasteiger partial charge >= 0.3 is 5.97 Å². The lowest BCUT2D eigenvalue weighted by Crippen LogP contribution is -2.03. The second-order valence-electron chi connectivity index (χ2n) is 2.56. The number of carbonyl (C=O) groups excluding carboxylic acids is 1. The topological polar surface area (TPSA) is 26.3 Å². The quantitative estimate of drug-likeness (QED) is 0.470. The zero-order valence-corrected chi connectivity index (χ0v) is 9.29. The van der Waals surface area contributed by atoms with Gasteiger partial charge in [0, 0.05) is 11.0 Å². The van der Waals surface area contributed by atoms with Gasteiger partial charge in [0.25, 0.3) is 0 Å². The molecule has 15 heavy (non-hydrogen) atoms. The van der Waals surface area contributed by atoms with Crippen molar-refractivity contribution in [2.45, 2.75) is 4.90 Å². The molecule has 6 heteroatoms. The van der Waals surface area contributed by atoms with E-state index in [1.54, 1.807) is 0 Å². The molecule has 1 aromatic rings. The standard InChI is InChI=1S/C9H7ClF2O2S/c1-14-8(13)4-15-7-3-5(11)2-6(12)9(7)10/h2-3H,4H2,1H3. The monoisotopic (exact) mass is 252 g/mol. The summed E-state index contributed by atoms with van der Waals surface area (Å²) in [7, 11) is 1.23. The third kappa shape index (κ3) is 3.35. The van der Waals surface area contributed by atoms with Crippen molar-refractivity contribution in [1.82, 2.24) is 0 Å². The van der Waals surface area contributed by atoms with Gasteiger partial charge in [-0.1, -0.05) is 11.6 Å². The fourth-order valence-corrected chi connectivity index (χ4v) is 1.92. The van der Waals surface area contributed by atoms with Crippen LogP contribution in [0.1, 0.15) is 0 Å². The van der Waals surface area contributed by atoms with Crippen molar-refractivity contribution in [3.05, 3.63) is 28.8 Å². The molecule has 0 spiro atoms. The second kappa shape index (κ2) is 5.32. The summed E-state index contributed by atoms with van der Waals surface area (Å²) in [5.41, 5.74) is 0. The van der Waals surface area contributed by atoms with E-state index in [0.717, 1.165) is 17.8 Å². The fraction of sp³-hybridized carbons (Fsp3) is 0.222. The molecule has 82 valence electrons. The molecule has 0 unspecified atom stereocenters. The van der Waals surface area contributed by atoms with E-state index in [9.17, 15) is 13.6 Å². The molecule has 0 saturated carbocycles. The highest BCUT2D eigenvalue weighted by molar-refractivity contribution is 8.00. The summed E-state index contributed by atoms with van der Waals surface area (Å²) in [4.78, 5) is 11.0. The van der Waals surface area contributed by atoms with Gasteiger partial charge < -0.3 is 4.74 Å². The van der Waals surface area contributed by atoms with Crippen LogP contribution in [0, 0.1) is 11.6 Å². The lowest BCUT2D eigenvalue weighted by atomic mass is 10.3. The molecule has 0 atom stereocenters. The number of hydrogen-bond acceptors (Lipinski definition) is 3. The Balaban J connectivity index is 2.81. The number of benzene rings is 1. The van der Waals surface area contributed by atoms with Crippen LogP contribution >= 0.6 is 23.4 Å². The summed E-state index contributed by atoms with van der Waals surface area (Å²) in [6.07, 6.45) is 0. The van der Waals surface area contributed by atoms with Crippen molar-refractivity contribution in [2.24, 2.45) is 0 Å². The number of rotatable bonds is 3. The van der Waals surface area contributed by atoms with Gasteiger partial charge in [-0.2, -0.15) is 0 Å². The molecule has 0 radical (unpaired) electrons. The minimum atomic E-state index is -0.843. The Bertz CT molecular complexity index is 385. The van der Waals surface area contributed by atoms with Crippen LogP contribution < -0.4 is 0 Å². The SMILES string of the molecule is COC(=O)CSc1cc(F)cc(F)c1Cl. The van der Waals surface area contributed by atoms with Gasteiger partial charge in [-0.3, -0.25) is 4.79 Å². The van der Waals surface area contributed by atoms with Crippen molar-refractivity contribution >= 4 is 29.3 Å². The Morgan fingerprint density at radius 2 is 2.20 bits per heavy atom. The summed E-state index contributed by atoms with van der Waals surface area (Å²) in [6, 6.07) is 1.75. The number of esters is 1. The van der Waals surface area contributed by atoms with Crippen LogP contribution in [-0.4, -0.2) is 18.8 Å². The van der Waals surface area contributed by atoms with Crippen LogP contribution in [0.4, 0.5) is 8.78 Å². The molecule has 0 fully saturated rings. The van der Waals surface area contributed by atoms with Crippen molar-refractivity contribution in [2.75, 3.05) is 12.9 Å². The van der Waals surface area contributed by atoms with E-state index in [-0.39, 0.29) is 15.7 Å². The van der Waals surface area contributed by atoms with Gasteiger partial charge in [0.1, 0.15) is 11.6 Å². The molecule has 1 aromatic carbocycles. The molecule has 0 N–H and O–H groups in total. The Morgan fingerprint density at radius 3 is 2.80 bits per heavy atom. The predicted octanol–water partition coefficient (Wildman–Crippen LogP) is 2.88. The van der Waals surface area contributed by atoms with Crippen LogP contribution in [0.25, 0.3) is 0 Å². The molecule has 1 rings (SSSR count). The minimum Gasteiger partial charge on any atom is -0.468 e. The highest BCUT2D eigenvalue weighted by atomic mass is 35.5. The van der Waals surface area contributed by atoms with Crippen LogP contribution in [0.15, 0.2) is 17.0 Å². The first-order valence-electron chi connectivity index (χ1n) is 3.88. The van der Waals surface area contributed by atoms with E-state index in [2.05, 4.69) is 4.74 Å². The number of halogens is 3. The second-order valence-corrected chi connectivity index (χ2v) is 3.96. The Morgan fingerprint density at radius 1 is 1.53 bits per heavy atom. The van der Waals surface area contributed by atoms with Gasteiger partial charge in [-0.05, 0) is 6.07 Å². The third-order valence-electron chi connectivity index (χ3n) is 1.53. The number of methoxy groups -OCH3 is 1. The number of thioether (sulfide) groups is 1. The van der Waals surface area contributed by atoms with Gasteiger partial charge in [-0.25, -0.2) is 8.78 Å². The number of hydrogen-bond donors (Lipinski definition) is 0. The first-order valence-corrected chi connectivity index (χ1v) is 5.25. The molecule has 0 aliphatic heterocycles. The summed E-state index contributed by atoms with van der Waals surface area (Å²) in [5, 5.41) is -0.190. The Labute approximate surface area is 94.6 Å². The van der Waals surface area contributed by atoms with Crippen LogP contribution in [-0.2, 0) is 9.53 Å². The summed E-state index contributed by atoms with van der Waals surface area (Å²) >= 11 is 6.50. The van der Waals surface area contributed by atoms with Gasteiger partial charge in [-0.15, -0.1) is 11.8 Å². The molecule has 0 heterocycles. The maximum atomic E-state index is 12.9. The number of ether oxygens (including phenoxy) is 1. The summed E-state index contributed by atoms with van der Waals surface area (Å²) < 4.78 is 30.1. The molecular weight excluding hydrogens is 246 g/mol. The third-order valence-corrected chi connectivity index (χ3v) is 3.04. The normalized spacial score (nSPS) is 10.1. The van der Waals surface area contributed by atoms with E-state index >= 15 is 0 Å². The highest BCUT2D eigenvalue weighted by Crippen LogP contribution is 2.30. The van der Waals surface area contributed by atoms with E-state index in [1.807, 2.05) is 0 Å². The van der Waals surface area contributed by atoms with Crippen molar-refractivity contribution in [3.8, 4) is 0 Å². The molecule has 0 amide bonds. The van der Waals surface area contributed by atoms with Crippen LogP contribution in [0.3, 0.4) is 0 Å². The van der Waals surface area contributed by atoms with Crippen molar-refractivity contribution in [1.29, 1.82) is 0 Å². The molecule has 0 aromatic heterocycles. The molecule has 2 nitrogen and oxygen atoms in total. The average Bonchev–Trinajstić information content (AvgIpc) is 2.20. The van der Waals surface area contributed by atoms with E-state index in [0.29, 0.717) is 6.07 Å². The Hall–Kier alpha value is -0.810. The zero-order valence-electron chi connectivity index (χ0n) is 7.72. The molecular formula is C9H7ClF2O2S. The largest absolute Gasteiger partial charge is 0.468 e. The van der Waals surface area contributed by atoms with Crippen molar-refractivity contribution in [3.63, 3.8) is 0 Å². The summed E-state index contributed by atoms with van der Waals surface area (Å²) in [6.45, 7) is 0. The summed E-state index contributed by atoms with van der Waals surface area (Å²) in [5.74, 6) is -2.10. The number of carbonyl (C=O) groups is 1. The van der Waals surface area contributed by atoms with Gasteiger partial charge in [0.05, 0.1) is 17.9 Å². The first kappa shape index (κ1) is 12.3. The van der Waals surface area contributed by atoms with Gasteiger partial charge in [0.2, 0.25) is 0 Å². The van der Waals surface area contributed by atoms with E-state index in [1.165, 1.54) is 7.11 Å². The Kier molecular flexibility index (Phi) is 4.35. The van der Waals surface area contributed by atoms with E-state index in [4.69, 9.17) is 11.6 Å². The maximum absolute atomic E-state index is 12.9. The molecule has 0 aliphatic rings. The lowest BCUT2D eigenvalue weighted by Gasteiger charge is -2.04. The van der Waals surface area contributed by atoms with Crippen LogP contribution in [0.5, 0.6) is 0 Å². The fourth-order valence-electron chi connectivity index (χ4n) is 0.833. The average molecular weight is 253 g/mol. The first-order chi connectivity index (χ1) is 7.04. The molecule has 0 saturated heterocycles. The maximum Gasteiger partial charge on any atom is 0.315 e. The highest BCUT2D eigenvalue weighted by Gasteiger charge is 2.11. The zero-order chi connectivity index (χ0) is 11.4. The smallest absolute Gasteiger partial charge is 0.315 e. The van der Waals surface area contributed by atoms with E-state index < -0.39 is 17.6 Å². The minimum absolute atomic E-state index is 0.0425. The van der Waals surface area contributed by atoms with Gasteiger partial charge in [0.15, 0.2) is 0 Å². The van der Waals surface area contributed by atoms with Crippen molar-refractivity contribution < 1.29 is 18.3 Å². The van der Waals surface area contributed by atoms with Crippen LogP contribution in [0.2, 0.25) is 5.02 Å².